The van der Waals surface area contributed by atoms with Crippen molar-refractivity contribution >= 4 is 67.5 Å². The van der Waals surface area contributed by atoms with E-state index in [0.29, 0.717) is 28.3 Å². The summed E-state index contributed by atoms with van der Waals surface area (Å²) in [6, 6.07) is 0. The number of hydrogen-bond acceptors (Lipinski definition) is 8. The normalized spacial score (nSPS) is 16.0. The van der Waals surface area contributed by atoms with Gasteiger partial charge in [-0.25, -0.2) is 0 Å². The molecular weight excluding hydrogens is 601 g/mol. The minimum Gasteiger partial charge on any atom is -0.288 e. The summed E-state index contributed by atoms with van der Waals surface area (Å²) in [6.45, 7) is 17.2. The van der Waals surface area contributed by atoms with E-state index in [4.69, 9.17) is 0 Å². The molecular formula is C34H58O4S4. The monoisotopic (exact) mass is 658 g/mol. The Balaban J connectivity index is 5.07. The molecule has 0 rings (SSSR count). The Morgan fingerprint density at radius 3 is 1.76 bits per heavy atom. The highest BCUT2D eigenvalue weighted by atomic mass is 32.2. The van der Waals surface area contributed by atoms with E-state index < -0.39 is 0 Å². The van der Waals surface area contributed by atoms with Crippen LogP contribution in [0.2, 0.25) is 0 Å². The van der Waals surface area contributed by atoms with E-state index in [9.17, 15) is 19.2 Å². The van der Waals surface area contributed by atoms with Crippen molar-refractivity contribution in [2.75, 3.05) is 5.75 Å². The maximum absolute atomic E-state index is 12.1. The lowest BCUT2D eigenvalue weighted by atomic mass is 9.83. The predicted molar refractivity (Wildman–Crippen MR) is 192 cm³/mol. The van der Waals surface area contributed by atoms with Gasteiger partial charge in [-0.3, -0.25) is 19.2 Å². The molecule has 8 heteroatoms. The van der Waals surface area contributed by atoms with Gasteiger partial charge in [0, 0.05) is 49.2 Å². The van der Waals surface area contributed by atoms with Gasteiger partial charge in [0.1, 0.15) is 0 Å². The van der Waals surface area contributed by atoms with Gasteiger partial charge in [-0.05, 0) is 82.0 Å². The van der Waals surface area contributed by atoms with Crippen LogP contribution in [0.4, 0.5) is 0 Å². The molecule has 0 aromatic heterocycles. The van der Waals surface area contributed by atoms with Gasteiger partial charge in [-0.1, -0.05) is 98.9 Å². The molecule has 0 aromatic rings. The fourth-order valence-corrected chi connectivity index (χ4v) is 8.88. The summed E-state index contributed by atoms with van der Waals surface area (Å²) in [5.74, 6) is 2.06. The third-order valence-corrected chi connectivity index (χ3v) is 11.8. The Morgan fingerprint density at radius 2 is 1.26 bits per heavy atom. The van der Waals surface area contributed by atoms with Gasteiger partial charge < -0.3 is 0 Å². The predicted octanol–water partition coefficient (Wildman–Crippen LogP) is 10.5. The summed E-state index contributed by atoms with van der Waals surface area (Å²) in [5.41, 5.74) is 0. The van der Waals surface area contributed by atoms with Crippen molar-refractivity contribution in [3.05, 3.63) is 24.8 Å². The molecule has 0 bridgehead atoms. The maximum Gasteiger partial charge on any atom is 0.186 e. The smallest absolute Gasteiger partial charge is 0.186 e. The van der Waals surface area contributed by atoms with Crippen LogP contribution in [0, 0.1) is 17.8 Å². The van der Waals surface area contributed by atoms with Gasteiger partial charge in [-0.15, -0.1) is 6.58 Å². The highest BCUT2D eigenvalue weighted by Gasteiger charge is 2.23. The lowest BCUT2D eigenvalue weighted by molar-refractivity contribution is -0.110. The van der Waals surface area contributed by atoms with E-state index in [0.717, 1.165) is 82.8 Å². The molecule has 0 N–H and O–H groups in total. The summed E-state index contributed by atoms with van der Waals surface area (Å²) in [5, 5.41) is 1.62. The van der Waals surface area contributed by atoms with Crippen molar-refractivity contribution in [3.8, 4) is 0 Å². The SMILES string of the molecule is C=CC(CCC(CCCCC(CC/C=C/CC)SC(C)=O)SC(C)=O)CC(CCSC(C)=O)CC(C)C(C)SC(C)=O. The first-order valence-corrected chi connectivity index (χ1v) is 19.4. The van der Waals surface area contributed by atoms with Crippen LogP contribution in [0.3, 0.4) is 0 Å². The quantitative estimate of drug-likeness (QED) is 0.0750. The van der Waals surface area contributed by atoms with E-state index in [1.807, 2.05) is 0 Å². The first kappa shape index (κ1) is 41.6. The van der Waals surface area contributed by atoms with Crippen molar-refractivity contribution in [3.63, 3.8) is 0 Å². The number of unbranched alkanes of at least 4 members (excludes halogenated alkanes) is 1. The maximum atomic E-state index is 12.1. The van der Waals surface area contributed by atoms with Crippen molar-refractivity contribution in [1.29, 1.82) is 0 Å². The van der Waals surface area contributed by atoms with Crippen LogP contribution in [0.25, 0.3) is 0 Å². The molecule has 4 nitrogen and oxygen atoms in total. The number of thioether (sulfide) groups is 4. The van der Waals surface area contributed by atoms with Crippen LogP contribution >= 0.6 is 47.0 Å². The zero-order chi connectivity index (χ0) is 31.9. The Labute approximate surface area is 275 Å². The van der Waals surface area contributed by atoms with Gasteiger partial charge in [-0.2, -0.15) is 0 Å². The van der Waals surface area contributed by atoms with E-state index in [-0.39, 0.29) is 25.7 Å². The molecule has 0 saturated heterocycles. The largest absolute Gasteiger partial charge is 0.288 e. The first-order valence-electron chi connectivity index (χ1n) is 15.8. The van der Waals surface area contributed by atoms with E-state index in [1.54, 1.807) is 27.7 Å². The first-order chi connectivity index (χ1) is 19.9. The molecule has 0 heterocycles. The second kappa shape index (κ2) is 25.8. The number of hydrogen-bond donors (Lipinski definition) is 0. The lowest BCUT2D eigenvalue weighted by Crippen LogP contribution is -2.19. The number of carbonyl (C=O) groups is 4. The van der Waals surface area contributed by atoms with Crippen LogP contribution in [-0.4, -0.2) is 42.0 Å². The molecule has 0 fully saturated rings. The summed E-state index contributed by atoms with van der Waals surface area (Å²) in [6.07, 6.45) is 18.8. The molecule has 0 amide bonds. The highest BCUT2D eigenvalue weighted by molar-refractivity contribution is 8.14. The third-order valence-electron chi connectivity index (χ3n) is 7.54. The second-order valence-electron chi connectivity index (χ2n) is 11.5. The Morgan fingerprint density at radius 1 is 0.690 bits per heavy atom. The Hall–Kier alpha value is -0.440. The molecule has 6 unspecified atom stereocenters. The zero-order valence-electron chi connectivity index (χ0n) is 27.4. The van der Waals surface area contributed by atoms with Crippen molar-refractivity contribution in [2.45, 2.75) is 141 Å². The van der Waals surface area contributed by atoms with Crippen molar-refractivity contribution in [2.24, 2.45) is 17.8 Å². The number of carbonyl (C=O) groups excluding carboxylic acids is 4. The minimum absolute atomic E-state index is 0.159. The van der Waals surface area contributed by atoms with Crippen molar-refractivity contribution in [1.82, 2.24) is 0 Å². The average molecular weight is 659 g/mol. The van der Waals surface area contributed by atoms with Gasteiger partial charge in [0.15, 0.2) is 20.5 Å². The van der Waals surface area contributed by atoms with Crippen LogP contribution in [0.15, 0.2) is 24.8 Å². The molecule has 0 aliphatic heterocycles. The van der Waals surface area contributed by atoms with Crippen LogP contribution in [0.5, 0.6) is 0 Å². The standard InChI is InChI=1S/C34H58O4S4/c1-9-11-12-13-16-33(41-29(7)37)17-14-15-18-34(42-30(8)38)20-19-31(10-2)24-32(21-22-39-27(5)35)23-25(3)26(4)40-28(6)36/h10-12,25-26,31-34H,2,9,13-24H2,1,3-8H3/b12-11+. The molecule has 42 heavy (non-hydrogen) atoms. The molecule has 0 aliphatic carbocycles. The molecule has 242 valence electrons. The fraction of sp³-hybridized carbons (Fsp3) is 0.765. The Kier molecular flexibility index (Phi) is 25.6. The topological polar surface area (TPSA) is 68.3 Å². The van der Waals surface area contributed by atoms with Crippen molar-refractivity contribution < 1.29 is 19.2 Å². The van der Waals surface area contributed by atoms with Gasteiger partial charge in [0.25, 0.3) is 0 Å². The zero-order valence-corrected chi connectivity index (χ0v) is 30.6. The van der Waals surface area contributed by atoms with Gasteiger partial charge in [0.2, 0.25) is 0 Å². The number of rotatable bonds is 24. The second-order valence-corrected chi connectivity index (χ2v) is 17.3. The van der Waals surface area contributed by atoms with Crippen LogP contribution in [0.1, 0.15) is 126 Å². The average Bonchev–Trinajstić information content (AvgIpc) is 2.89. The van der Waals surface area contributed by atoms with Crippen LogP contribution in [-0.2, 0) is 19.2 Å². The lowest BCUT2D eigenvalue weighted by Gasteiger charge is -2.27. The highest BCUT2D eigenvalue weighted by Crippen LogP contribution is 2.34. The summed E-state index contributed by atoms with van der Waals surface area (Å²) in [4.78, 5) is 47.0. The van der Waals surface area contributed by atoms with E-state index in [1.165, 1.54) is 47.0 Å². The summed E-state index contributed by atoms with van der Waals surface area (Å²) >= 11 is 5.79. The van der Waals surface area contributed by atoms with Gasteiger partial charge >= 0.3 is 0 Å². The summed E-state index contributed by atoms with van der Waals surface area (Å²) in [7, 11) is 0. The molecule has 0 spiro atoms. The van der Waals surface area contributed by atoms with Gasteiger partial charge in [0.05, 0.1) is 0 Å². The molecule has 6 atom stereocenters. The third kappa shape index (κ3) is 23.9. The van der Waals surface area contributed by atoms with E-state index in [2.05, 4.69) is 45.6 Å². The van der Waals surface area contributed by atoms with Crippen LogP contribution < -0.4 is 0 Å². The number of allylic oxidation sites excluding steroid dienone is 3. The minimum atomic E-state index is 0.159. The Bertz CT molecular complexity index is 828. The van der Waals surface area contributed by atoms with E-state index >= 15 is 0 Å². The summed E-state index contributed by atoms with van der Waals surface area (Å²) < 4.78 is 0. The molecule has 0 radical (unpaired) electrons. The molecule has 0 aliphatic rings. The fourth-order valence-electron chi connectivity index (χ4n) is 5.26. The molecule has 0 aromatic carbocycles. The molecule has 0 saturated carbocycles.